The number of carbonyl (C=O) groups is 3. The first-order valence-electron chi connectivity index (χ1n) is 9.21. The van der Waals surface area contributed by atoms with Gasteiger partial charge in [-0.05, 0) is 32.4 Å². The molecule has 0 radical (unpaired) electrons. The Labute approximate surface area is 167 Å². The van der Waals surface area contributed by atoms with Crippen LogP contribution in [-0.2, 0) is 22.6 Å². The molecule has 1 aliphatic rings. The van der Waals surface area contributed by atoms with Crippen LogP contribution in [0.15, 0.2) is 30.5 Å². The third kappa shape index (κ3) is 4.36. The summed E-state index contributed by atoms with van der Waals surface area (Å²) in [5.74, 6) is -0.788. The first-order chi connectivity index (χ1) is 13.7. The van der Waals surface area contributed by atoms with E-state index >= 15 is 0 Å². The number of carboxylic acid groups (broad SMARTS) is 1. The van der Waals surface area contributed by atoms with Gasteiger partial charge in [-0.3, -0.25) is 19.4 Å². The fraction of sp³-hybridized carbons (Fsp3) is 0.421. The zero-order chi connectivity index (χ0) is 21.2. The number of nitrogens with zero attached hydrogens (tertiary/aromatic N) is 4. The third-order valence-electron chi connectivity index (χ3n) is 4.79. The van der Waals surface area contributed by atoms with E-state index in [-0.39, 0.29) is 19.0 Å². The highest BCUT2D eigenvalue weighted by Crippen LogP contribution is 2.32. The highest BCUT2D eigenvalue weighted by atomic mass is 16.4. The van der Waals surface area contributed by atoms with Crippen molar-refractivity contribution in [2.75, 3.05) is 11.4 Å². The number of rotatable bonds is 5. The van der Waals surface area contributed by atoms with Crippen LogP contribution >= 0.6 is 0 Å². The quantitative estimate of drug-likeness (QED) is 0.690. The Balaban J connectivity index is 1.82. The maximum atomic E-state index is 13.1. The molecular weight excluding hydrogens is 376 g/mol. The van der Waals surface area contributed by atoms with Gasteiger partial charge < -0.3 is 10.4 Å². The van der Waals surface area contributed by atoms with E-state index in [0.29, 0.717) is 17.8 Å². The Morgan fingerprint density at radius 1 is 1.31 bits per heavy atom. The SMILES string of the molecule is CC(C)(C)N(CC(=O)N1c2ccccc2CC1C(=O)NCc1cn[nH]n1)C(=O)O. The molecule has 0 fully saturated rings. The monoisotopic (exact) mass is 400 g/mol. The largest absolute Gasteiger partial charge is 0.465 e. The van der Waals surface area contributed by atoms with Crippen LogP contribution in [0.4, 0.5) is 10.5 Å². The molecule has 2 heterocycles. The molecule has 3 rings (SSSR count). The normalized spacial score (nSPS) is 15.7. The summed E-state index contributed by atoms with van der Waals surface area (Å²) in [4.78, 5) is 40.1. The molecule has 10 nitrogen and oxygen atoms in total. The van der Waals surface area contributed by atoms with Crippen LogP contribution in [0.5, 0.6) is 0 Å². The van der Waals surface area contributed by atoms with Crippen LogP contribution in [0.1, 0.15) is 32.0 Å². The van der Waals surface area contributed by atoms with Crippen LogP contribution in [0.3, 0.4) is 0 Å². The van der Waals surface area contributed by atoms with Crippen LogP contribution in [0.2, 0.25) is 0 Å². The van der Waals surface area contributed by atoms with Crippen molar-refractivity contribution in [3.63, 3.8) is 0 Å². The van der Waals surface area contributed by atoms with Gasteiger partial charge in [0.2, 0.25) is 11.8 Å². The Morgan fingerprint density at radius 3 is 2.66 bits per heavy atom. The van der Waals surface area contributed by atoms with E-state index < -0.39 is 23.6 Å². The molecule has 1 aromatic carbocycles. The molecule has 0 bridgehead atoms. The molecule has 3 N–H and O–H groups in total. The van der Waals surface area contributed by atoms with Gasteiger partial charge in [0.05, 0.1) is 12.7 Å². The number of nitrogens with one attached hydrogen (secondary N) is 2. The summed E-state index contributed by atoms with van der Waals surface area (Å²) in [6.07, 6.45) is 0.667. The van der Waals surface area contributed by atoms with Crippen molar-refractivity contribution < 1.29 is 19.5 Å². The lowest BCUT2D eigenvalue weighted by Gasteiger charge is -2.34. The minimum absolute atomic E-state index is 0.174. The number of para-hydroxylation sites is 1. The average molecular weight is 400 g/mol. The smallest absolute Gasteiger partial charge is 0.408 e. The number of carbonyl (C=O) groups excluding carboxylic acids is 2. The summed E-state index contributed by atoms with van der Waals surface area (Å²) < 4.78 is 0. The van der Waals surface area contributed by atoms with Gasteiger partial charge in [0.25, 0.3) is 0 Å². The molecule has 1 unspecified atom stereocenters. The third-order valence-corrected chi connectivity index (χ3v) is 4.79. The first kappa shape index (κ1) is 20.3. The number of hydrogen-bond acceptors (Lipinski definition) is 5. The number of aromatic nitrogens is 3. The Kier molecular flexibility index (Phi) is 5.53. The second-order valence-corrected chi connectivity index (χ2v) is 7.83. The highest BCUT2D eigenvalue weighted by molar-refractivity contribution is 6.04. The Bertz CT molecular complexity index is 906. The fourth-order valence-corrected chi connectivity index (χ4v) is 3.31. The minimum Gasteiger partial charge on any atom is -0.465 e. The molecule has 1 atom stereocenters. The number of benzene rings is 1. The number of aromatic amines is 1. The molecule has 0 aliphatic carbocycles. The van der Waals surface area contributed by atoms with Gasteiger partial charge in [-0.1, -0.05) is 18.2 Å². The maximum absolute atomic E-state index is 13.1. The second kappa shape index (κ2) is 7.90. The molecule has 10 heteroatoms. The predicted molar refractivity (Wildman–Crippen MR) is 104 cm³/mol. The van der Waals surface area contributed by atoms with E-state index in [9.17, 15) is 19.5 Å². The summed E-state index contributed by atoms with van der Waals surface area (Å²) in [6, 6.07) is 6.49. The highest BCUT2D eigenvalue weighted by Gasteiger charge is 2.40. The lowest BCUT2D eigenvalue weighted by atomic mass is 10.1. The van der Waals surface area contributed by atoms with Gasteiger partial charge in [-0.2, -0.15) is 15.4 Å². The molecule has 0 saturated carbocycles. The predicted octanol–water partition coefficient (Wildman–Crippen LogP) is 1.16. The molecule has 3 amide bonds. The van der Waals surface area contributed by atoms with E-state index in [4.69, 9.17) is 0 Å². The van der Waals surface area contributed by atoms with E-state index in [2.05, 4.69) is 20.7 Å². The number of fused-ring (bicyclic) bond motifs is 1. The van der Waals surface area contributed by atoms with Gasteiger partial charge in [-0.25, -0.2) is 4.79 Å². The van der Waals surface area contributed by atoms with E-state index in [1.165, 1.54) is 11.1 Å². The maximum Gasteiger partial charge on any atom is 0.408 e. The molecule has 2 aromatic rings. The first-order valence-corrected chi connectivity index (χ1v) is 9.21. The molecule has 29 heavy (non-hydrogen) atoms. The second-order valence-electron chi connectivity index (χ2n) is 7.83. The van der Waals surface area contributed by atoms with Crippen LogP contribution in [0, 0.1) is 0 Å². The number of hydrogen-bond donors (Lipinski definition) is 3. The fourth-order valence-electron chi connectivity index (χ4n) is 3.31. The van der Waals surface area contributed by atoms with Crippen molar-refractivity contribution in [2.24, 2.45) is 0 Å². The van der Waals surface area contributed by atoms with Crippen LogP contribution in [0.25, 0.3) is 0 Å². The van der Waals surface area contributed by atoms with E-state index in [1.807, 2.05) is 12.1 Å². The zero-order valence-corrected chi connectivity index (χ0v) is 16.5. The summed E-state index contributed by atoms with van der Waals surface area (Å²) >= 11 is 0. The van der Waals surface area contributed by atoms with Gasteiger partial charge in [0.1, 0.15) is 18.3 Å². The number of anilines is 1. The number of H-pyrrole nitrogens is 1. The molecule has 1 aliphatic heterocycles. The van der Waals surface area contributed by atoms with Gasteiger partial charge in [0.15, 0.2) is 0 Å². The van der Waals surface area contributed by atoms with Crippen molar-refractivity contribution in [1.29, 1.82) is 0 Å². The Hall–Kier alpha value is -3.43. The molecule has 1 aromatic heterocycles. The van der Waals surface area contributed by atoms with Gasteiger partial charge in [-0.15, -0.1) is 0 Å². The zero-order valence-electron chi connectivity index (χ0n) is 16.5. The summed E-state index contributed by atoms with van der Waals surface area (Å²) in [5, 5.41) is 22.3. The van der Waals surface area contributed by atoms with Gasteiger partial charge >= 0.3 is 6.09 Å². The lowest BCUT2D eigenvalue weighted by Crippen LogP contribution is -2.54. The van der Waals surface area contributed by atoms with Gasteiger partial charge in [0, 0.05) is 17.6 Å². The van der Waals surface area contributed by atoms with Crippen molar-refractivity contribution in [3.8, 4) is 0 Å². The summed E-state index contributed by atoms with van der Waals surface area (Å²) in [6.45, 7) is 4.98. The molecule has 154 valence electrons. The summed E-state index contributed by atoms with van der Waals surface area (Å²) in [7, 11) is 0. The van der Waals surface area contributed by atoms with Crippen molar-refractivity contribution in [2.45, 2.75) is 45.3 Å². The standard InChI is InChI=1S/C19H24N6O4/c1-19(2,3)24(18(28)29)11-16(26)25-14-7-5-4-6-12(14)8-15(25)17(27)20-9-13-10-21-23-22-13/h4-7,10,15H,8-9,11H2,1-3H3,(H,20,27)(H,28,29)(H,21,22,23). The van der Waals surface area contributed by atoms with E-state index in [1.54, 1.807) is 32.9 Å². The van der Waals surface area contributed by atoms with Crippen molar-refractivity contribution in [3.05, 3.63) is 41.7 Å². The van der Waals surface area contributed by atoms with Crippen molar-refractivity contribution >= 4 is 23.6 Å². The topological polar surface area (TPSA) is 132 Å². The molecular formula is C19H24N6O4. The van der Waals surface area contributed by atoms with Crippen molar-refractivity contribution in [1.82, 2.24) is 25.6 Å². The van der Waals surface area contributed by atoms with E-state index in [0.717, 1.165) is 10.5 Å². The molecule has 0 spiro atoms. The van der Waals surface area contributed by atoms with Crippen LogP contribution in [-0.4, -0.2) is 61.5 Å². The number of amides is 3. The summed E-state index contributed by atoms with van der Waals surface area (Å²) in [5.41, 5.74) is 1.29. The van der Waals surface area contributed by atoms with Crippen LogP contribution < -0.4 is 10.2 Å². The lowest BCUT2D eigenvalue weighted by molar-refractivity contribution is -0.127. The minimum atomic E-state index is -1.19. The molecule has 0 saturated heterocycles. The average Bonchev–Trinajstić information content (AvgIpc) is 3.30. The Morgan fingerprint density at radius 2 is 2.03 bits per heavy atom.